The third-order valence-electron chi connectivity index (χ3n) is 2.60. The standard InChI is InChI=1S/C15H17N2O4P/c1-12(16)15(18)17-22(19,20-13-8-4-2-5-9-13)21-14-10-6-3-7-11-14/h2-12H,16H2,1H3,(H,17,18,19)/t12-/m0/s1. The lowest BCUT2D eigenvalue weighted by molar-refractivity contribution is -0.120. The molecule has 6 nitrogen and oxygen atoms in total. The van der Waals surface area contributed by atoms with E-state index in [1.807, 2.05) is 0 Å². The third kappa shape index (κ3) is 4.62. The zero-order valence-electron chi connectivity index (χ0n) is 12.0. The fourth-order valence-electron chi connectivity index (χ4n) is 1.54. The van der Waals surface area contributed by atoms with Gasteiger partial charge in [0.2, 0.25) is 5.91 Å². The van der Waals surface area contributed by atoms with E-state index in [1.54, 1.807) is 60.7 Å². The van der Waals surface area contributed by atoms with Gasteiger partial charge in [-0.2, -0.15) is 0 Å². The van der Waals surface area contributed by atoms with Crippen LogP contribution in [0.2, 0.25) is 0 Å². The van der Waals surface area contributed by atoms with Crippen LogP contribution in [0.4, 0.5) is 0 Å². The van der Waals surface area contributed by atoms with Crippen LogP contribution in [0.1, 0.15) is 6.92 Å². The van der Waals surface area contributed by atoms with E-state index in [9.17, 15) is 9.36 Å². The number of rotatable bonds is 6. The fraction of sp³-hybridized carbons (Fsp3) is 0.133. The van der Waals surface area contributed by atoms with Gasteiger partial charge in [-0.3, -0.25) is 4.79 Å². The molecule has 0 saturated carbocycles. The minimum absolute atomic E-state index is 0.312. The van der Waals surface area contributed by atoms with Gasteiger partial charge in [-0.05, 0) is 31.2 Å². The molecule has 1 atom stereocenters. The van der Waals surface area contributed by atoms with Gasteiger partial charge in [-0.1, -0.05) is 36.4 Å². The summed E-state index contributed by atoms with van der Waals surface area (Å²) in [7, 11) is -3.95. The van der Waals surface area contributed by atoms with Gasteiger partial charge < -0.3 is 14.8 Å². The summed E-state index contributed by atoms with van der Waals surface area (Å²) in [4.78, 5) is 11.8. The predicted molar refractivity (Wildman–Crippen MR) is 83.5 cm³/mol. The van der Waals surface area contributed by atoms with Crippen LogP contribution in [0.15, 0.2) is 60.7 Å². The van der Waals surface area contributed by atoms with Crippen molar-refractivity contribution in [3.05, 3.63) is 60.7 Å². The predicted octanol–water partition coefficient (Wildman–Crippen LogP) is 2.72. The quantitative estimate of drug-likeness (QED) is 0.799. The van der Waals surface area contributed by atoms with E-state index in [1.165, 1.54) is 6.92 Å². The summed E-state index contributed by atoms with van der Waals surface area (Å²) in [5.74, 6) is -0.00586. The molecule has 0 aromatic heterocycles. The number of hydrogen-bond acceptors (Lipinski definition) is 5. The summed E-state index contributed by atoms with van der Waals surface area (Å²) in [5.41, 5.74) is 5.49. The SMILES string of the molecule is C[C@H](N)C(=O)NP(=O)(Oc1ccccc1)Oc1ccccc1. The van der Waals surface area contributed by atoms with Crippen molar-refractivity contribution in [3.8, 4) is 11.5 Å². The first-order valence-electron chi connectivity index (χ1n) is 6.65. The Bertz CT molecular complexity index is 616. The molecule has 2 aromatic rings. The molecule has 116 valence electrons. The third-order valence-corrected chi connectivity index (χ3v) is 3.99. The van der Waals surface area contributed by atoms with E-state index >= 15 is 0 Å². The fourth-order valence-corrected chi connectivity index (χ4v) is 2.94. The molecule has 7 heteroatoms. The van der Waals surface area contributed by atoms with Crippen molar-refractivity contribution in [2.45, 2.75) is 13.0 Å². The average molecular weight is 320 g/mol. The Labute approximate surface area is 128 Å². The summed E-state index contributed by atoms with van der Waals surface area (Å²) >= 11 is 0. The van der Waals surface area contributed by atoms with Gasteiger partial charge in [0.15, 0.2) is 0 Å². The van der Waals surface area contributed by atoms with Crippen molar-refractivity contribution >= 4 is 13.7 Å². The number of nitrogens with one attached hydrogen (secondary N) is 1. The number of carbonyl (C=O) groups excluding carboxylic acids is 1. The maximum absolute atomic E-state index is 12.8. The highest BCUT2D eigenvalue weighted by atomic mass is 31.2. The molecule has 2 rings (SSSR count). The number of benzene rings is 2. The van der Waals surface area contributed by atoms with E-state index in [0.717, 1.165) is 0 Å². The van der Waals surface area contributed by atoms with Crippen LogP contribution in [0.25, 0.3) is 0 Å². The van der Waals surface area contributed by atoms with Crippen molar-refractivity contribution in [3.63, 3.8) is 0 Å². The van der Waals surface area contributed by atoms with Gasteiger partial charge in [0, 0.05) is 0 Å². The first-order chi connectivity index (χ1) is 10.5. The van der Waals surface area contributed by atoms with Gasteiger partial charge in [0.1, 0.15) is 11.5 Å². The van der Waals surface area contributed by atoms with E-state index in [-0.39, 0.29) is 0 Å². The van der Waals surface area contributed by atoms with Gasteiger partial charge in [0.25, 0.3) is 0 Å². The van der Waals surface area contributed by atoms with Crippen LogP contribution >= 0.6 is 7.75 Å². The molecule has 0 unspecified atom stereocenters. The zero-order chi connectivity index (χ0) is 16.0. The summed E-state index contributed by atoms with van der Waals surface area (Å²) in [6, 6.07) is 16.0. The highest BCUT2D eigenvalue weighted by molar-refractivity contribution is 7.53. The maximum atomic E-state index is 12.8. The Morgan fingerprint density at radius 3 is 1.77 bits per heavy atom. The minimum Gasteiger partial charge on any atom is -0.400 e. The number of hydrogen-bond donors (Lipinski definition) is 2. The largest absolute Gasteiger partial charge is 0.543 e. The molecule has 22 heavy (non-hydrogen) atoms. The van der Waals surface area contributed by atoms with E-state index < -0.39 is 19.7 Å². The average Bonchev–Trinajstić information content (AvgIpc) is 2.48. The Kier molecular flexibility index (Phi) is 5.20. The van der Waals surface area contributed by atoms with Gasteiger partial charge in [-0.15, -0.1) is 0 Å². The second kappa shape index (κ2) is 7.11. The number of carbonyl (C=O) groups is 1. The highest BCUT2D eigenvalue weighted by Gasteiger charge is 2.32. The van der Waals surface area contributed by atoms with Crippen LogP contribution in [-0.4, -0.2) is 11.9 Å². The molecule has 2 aromatic carbocycles. The molecule has 0 aliphatic heterocycles. The van der Waals surface area contributed by atoms with Crippen molar-refractivity contribution in [2.75, 3.05) is 0 Å². The van der Waals surface area contributed by atoms with Crippen molar-refractivity contribution in [2.24, 2.45) is 5.73 Å². The maximum Gasteiger partial charge on any atom is 0.543 e. The molecule has 0 spiro atoms. The molecule has 0 heterocycles. The summed E-state index contributed by atoms with van der Waals surface area (Å²) in [5, 5.41) is 2.24. The van der Waals surface area contributed by atoms with Crippen LogP contribution in [-0.2, 0) is 9.36 Å². The van der Waals surface area contributed by atoms with E-state index in [0.29, 0.717) is 11.5 Å². The Morgan fingerprint density at radius 2 is 1.41 bits per heavy atom. The molecule has 1 amide bonds. The van der Waals surface area contributed by atoms with Crippen LogP contribution in [0.3, 0.4) is 0 Å². The summed E-state index contributed by atoms with van der Waals surface area (Å²) in [6.45, 7) is 1.48. The minimum atomic E-state index is -3.95. The molecule has 0 radical (unpaired) electrons. The van der Waals surface area contributed by atoms with E-state index in [2.05, 4.69) is 5.09 Å². The Balaban J connectivity index is 2.23. The van der Waals surface area contributed by atoms with Crippen LogP contribution < -0.4 is 19.9 Å². The Morgan fingerprint density at radius 1 is 1.00 bits per heavy atom. The zero-order valence-corrected chi connectivity index (χ0v) is 12.9. The van der Waals surface area contributed by atoms with Gasteiger partial charge in [0.05, 0.1) is 6.04 Å². The monoisotopic (exact) mass is 320 g/mol. The number of para-hydroxylation sites is 2. The molecular weight excluding hydrogens is 303 g/mol. The lowest BCUT2D eigenvalue weighted by Gasteiger charge is -2.20. The first kappa shape index (κ1) is 16.1. The number of nitrogens with two attached hydrogens (primary N) is 1. The topological polar surface area (TPSA) is 90.7 Å². The molecule has 0 aliphatic rings. The molecule has 3 N–H and O–H groups in total. The second-order valence-corrected chi connectivity index (χ2v) is 6.15. The summed E-state index contributed by atoms with van der Waals surface area (Å²) < 4.78 is 23.6. The highest BCUT2D eigenvalue weighted by Crippen LogP contribution is 2.44. The normalized spacial score (nSPS) is 12.3. The first-order valence-corrected chi connectivity index (χ1v) is 8.20. The smallest absolute Gasteiger partial charge is 0.400 e. The summed E-state index contributed by atoms with van der Waals surface area (Å²) in [6.07, 6.45) is 0. The molecule has 0 fully saturated rings. The van der Waals surface area contributed by atoms with Crippen LogP contribution in [0, 0.1) is 0 Å². The number of amides is 1. The van der Waals surface area contributed by atoms with Crippen LogP contribution in [0.5, 0.6) is 11.5 Å². The molecule has 0 bridgehead atoms. The molecule has 0 saturated heterocycles. The molecular formula is C15H17N2O4P. The van der Waals surface area contributed by atoms with Crippen molar-refractivity contribution in [1.82, 2.24) is 5.09 Å². The molecule has 0 aliphatic carbocycles. The van der Waals surface area contributed by atoms with Gasteiger partial charge >= 0.3 is 7.75 Å². The van der Waals surface area contributed by atoms with Crippen molar-refractivity contribution < 1.29 is 18.4 Å². The lowest BCUT2D eigenvalue weighted by atomic mass is 10.3. The lowest BCUT2D eigenvalue weighted by Crippen LogP contribution is -2.38. The second-order valence-electron chi connectivity index (χ2n) is 4.57. The van der Waals surface area contributed by atoms with Crippen molar-refractivity contribution in [1.29, 1.82) is 0 Å². The Hall–Kier alpha value is -2.30. The van der Waals surface area contributed by atoms with E-state index in [4.69, 9.17) is 14.8 Å². The van der Waals surface area contributed by atoms with Gasteiger partial charge in [-0.25, -0.2) is 9.65 Å².